The van der Waals surface area contributed by atoms with Gasteiger partial charge < -0.3 is 20.1 Å². The maximum Gasteiger partial charge on any atom is 0.407 e. The number of carbonyl (C=O) groups is 2. The Morgan fingerprint density at radius 1 is 1.46 bits per heavy atom. The molecule has 7 heteroatoms. The molecule has 3 atom stereocenters. The molecule has 0 bridgehead atoms. The van der Waals surface area contributed by atoms with Crippen LogP contribution in [0.25, 0.3) is 0 Å². The van der Waals surface area contributed by atoms with Crippen molar-refractivity contribution < 1.29 is 23.8 Å². The molecule has 1 amide bonds. The van der Waals surface area contributed by atoms with Crippen molar-refractivity contribution in [2.45, 2.75) is 39.7 Å². The second-order valence-electron chi connectivity index (χ2n) is 6.90. The van der Waals surface area contributed by atoms with Crippen LogP contribution in [0.3, 0.4) is 0 Å². The van der Waals surface area contributed by atoms with E-state index >= 15 is 0 Å². The van der Waals surface area contributed by atoms with Gasteiger partial charge in [-0.05, 0) is 44.2 Å². The van der Waals surface area contributed by atoms with Crippen molar-refractivity contribution >= 4 is 17.7 Å². The molecule has 1 aromatic rings. The van der Waals surface area contributed by atoms with Crippen LogP contribution in [-0.4, -0.2) is 48.3 Å². The van der Waals surface area contributed by atoms with Crippen LogP contribution in [0.4, 0.5) is 14.9 Å². The van der Waals surface area contributed by atoms with E-state index in [9.17, 15) is 19.1 Å². The Bertz CT molecular complexity index is 680. The minimum atomic E-state index is -0.883. The smallest absolute Gasteiger partial charge is 0.407 e. The molecule has 2 N–H and O–H groups in total. The first kappa shape index (κ1) is 20.0. The topological polar surface area (TPSA) is 78.9 Å². The molecule has 144 valence electrons. The summed E-state index contributed by atoms with van der Waals surface area (Å²) < 4.78 is 18.9. The molecule has 0 unspecified atom stereocenters. The zero-order valence-electron chi connectivity index (χ0n) is 15.7. The summed E-state index contributed by atoms with van der Waals surface area (Å²) in [4.78, 5) is 24.4. The number of likely N-dealkylation sites (tertiary alicyclic amines) is 1. The Morgan fingerprint density at radius 3 is 2.73 bits per heavy atom. The molecule has 0 aliphatic carbocycles. The minimum Gasteiger partial charge on any atom is -0.465 e. The number of piperidine rings is 1. The van der Waals surface area contributed by atoms with Gasteiger partial charge in [0.25, 0.3) is 0 Å². The maximum atomic E-state index is 14.2. The molecule has 0 aromatic heterocycles. The lowest BCUT2D eigenvalue weighted by Gasteiger charge is -2.40. The van der Waals surface area contributed by atoms with E-state index < -0.39 is 17.9 Å². The number of nitrogens with zero attached hydrogens (tertiary/aromatic N) is 1. The molecule has 1 saturated heterocycles. The van der Waals surface area contributed by atoms with Crippen molar-refractivity contribution in [2.75, 3.05) is 25.5 Å². The molecule has 1 aliphatic rings. The van der Waals surface area contributed by atoms with E-state index in [1.807, 2.05) is 6.92 Å². The van der Waals surface area contributed by atoms with Crippen molar-refractivity contribution in [3.05, 3.63) is 29.1 Å². The van der Waals surface area contributed by atoms with Crippen LogP contribution in [-0.2, 0) is 4.74 Å². The number of nitrogens with one attached hydrogen (secondary N) is 1. The third-order valence-corrected chi connectivity index (χ3v) is 5.38. The molecule has 6 nitrogen and oxygen atoms in total. The summed E-state index contributed by atoms with van der Waals surface area (Å²) in [6, 6.07) is 2.80. The van der Waals surface area contributed by atoms with E-state index in [1.54, 1.807) is 13.0 Å². The van der Waals surface area contributed by atoms with Gasteiger partial charge in [0.15, 0.2) is 0 Å². The van der Waals surface area contributed by atoms with Crippen LogP contribution in [0.5, 0.6) is 0 Å². The van der Waals surface area contributed by atoms with Gasteiger partial charge in [-0.25, -0.2) is 14.0 Å². The predicted molar refractivity (Wildman–Crippen MR) is 97.0 cm³/mol. The zero-order chi connectivity index (χ0) is 19.4. The molecule has 2 rings (SSSR count). The first-order valence-corrected chi connectivity index (χ1v) is 8.91. The zero-order valence-corrected chi connectivity index (χ0v) is 15.7. The molecule has 0 radical (unpaired) electrons. The van der Waals surface area contributed by atoms with E-state index in [-0.39, 0.29) is 23.4 Å². The normalized spacial score (nSPS) is 21.2. The Balaban J connectivity index is 2.18. The summed E-state index contributed by atoms with van der Waals surface area (Å²) in [7, 11) is 1.26. The second-order valence-corrected chi connectivity index (χ2v) is 6.90. The summed E-state index contributed by atoms with van der Waals surface area (Å²) in [6.07, 6.45) is 0.735. The number of ether oxygens (including phenoxy) is 1. The Kier molecular flexibility index (Phi) is 6.45. The van der Waals surface area contributed by atoms with Crippen LogP contribution >= 0.6 is 0 Å². The van der Waals surface area contributed by atoms with Crippen molar-refractivity contribution in [3.63, 3.8) is 0 Å². The molecule has 1 fully saturated rings. The van der Waals surface area contributed by atoms with Gasteiger partial charge in [-0.2, -0.15) is 0 Å². The fourth-order valence-electron chi connectivity index (χ4n) is 3.73. The number of esters is 1. The van der Waals surface area contributed by atoms with E-state index in [0.717, 1.165) is 12.8 Å². The fraction of sp³-hybridized carbons (Fsp3) is 0.579. The summed E-state index contributed by atoms with van der Waals surface area (Å²) in [5, 5.41) is 12.5. The molecule has 0 saturated carbocycles. The van der Waals surface area contributed by atoms with Crippen molar-refractivity contribution in [1.29, 1.82) is 0 Å². The summed E-state index contributed by atoms with van der Waals surface area (Å²) in [5.41, 5.74) is 1.17. The molecule has 1 aliphatic heterocycles. The quantitative estimate of drug-likeness (QED) is 0.776. The number of hydrogen-bond donors (Lipinski definition) is 2. The number of amides is 1. The molecule has 0 spiro atoms. The largest absolute Gasteiger partial charge is 0.465 e. The highest BCUT2D eigenvalue weighted by molar-refractivity contribution is 5.90. The number of anilines is 1. The number of carbonyl (C=O) groups excluding carboxylic acids is 1. The number of carboxylic acid groups (broad SMARTS) is 1. The van der Waals surface area contributed by atoms with Crippen molar-refractivity contribution in [2.24, 2.45) is 11.8 Å². The minimum absolute atomic E-state index is 0.0156. The van der Waals surface area contributed by atoms with Gasteiger partial charge >= 0.3 is 12.1 Å². The van der Waals surface area contributed by atoms with Gasteiger partial charge in [0.05, 0.1) is 12.7 Å². The van der Waals surface area contributed by atoms with Gasteiger partial charge in [-0.15, -0.1) is 0 Å². The van der Waals surface area contributed by atoms with Crippen LogP contribution < -0.4 is 5.32 Å². The average Bonchev–Trinajstić information content (AvgIpc) is 2.63. The number of benzene rings is 1. The highest BCUT2D eigenvalue weighted by atomic mass is 19.1. The lowest BCUT2D eigenvalue weighted by Crippen LogP contribution is -2.47. The fourth-order valence-corrected chi connectivity index (χ4v) is 3.73. The first-order chi connectivity index (χ1) is 12.3. The van der Waals surface area contributed by atoms with Gasteiger partial charge in [-0.3, -0.25) is 0 Å². The predicted octanol–water partition coefficient (Wildman–Crippen LogP) is 3.75. The monoisotopic (exact) mass is 366 g/mol. The molecule has 1 aromatic carbocycles. The van der Waals surface area contributed by atoms with Crippen LogP contribution in [0.2, 0.25) is 0 Å². The Morgan fingerprint density at radius 2 is 2.15 bits per heavy atom. The maximum absolute atomic E-state index is 14.2. The number of methoxy groups -OCH3 is 1. The van der Waals surface area contributed by atoms with E-state index in [0.29, 0.717) is 24.3 Å². The van der Waals surface area contributed by atoms with E-state index in [1.165, 1.54) is 18.1 Å². The summed E-state index contributed by atoms with van der Waals surface area (Å²) >= 11 is 0. The number of rotatable bonds is 5. The van der Waals surface area contributed by atoms with Crippen LogP contribution in [0, 0.1) is 24.6 Å². The summed E-state index contributed by atoms with van der Waals surface area (Å²) in [6.45, 7) is 6.75. The standard InChI is InChI=1S/C19H27FN2O4/c1-5-13-10-22(19(24)25)7-6-15(13)12(3)21-17-9-14(18(23)26-4)8-16(20)11(17)2/h8-9,12-13,15,21H,5-7,10H2,1-4H3,(H,24,25)/t12-,13+,15+/m0/s1. The SMILES string of the molecule is CC[C@@H]1CN(C(=O)O)CC[C@@H]1[C@H](C)Nc1cc(C(=O)OC)cc(F)c1C. The van der Waals surface area contributed by atoms with Gasteiger partial charge in [0, 0.05) is 30.4 Å². The average molecular weight is 366 g/mol. The van der Waals surface area contributed by atoms with Gasteiger partial charge in [-0.1, -0.05) is 13.3 Å². The first-order valence-electron chi connectivity index (χ1n) is 8.91. The van der Waals surface area contributed by atoms with Crippen LogP contribution in [0.15, 0.2) is 12.1 Å². The molecular formula is C19H27FN2O4. The Hall–Kier alpha value is -2.31. The lowest BCUT2D eigenvalue weighted by molar-refractivity contribution is 0.0600. The van der Waals surface area contributed by atoms with Crippen LogP contribution in [0.1, 0.15) is 42.6 Å². The van der Waals surface area contributed by atoms with Gasteiger partial charge in [0.1, 0.15) is 5.82 Å². The molecular weight excluding hydrogens is 339 g/mol. The second kappa shape index (κ2) is 8.38. The Labute approximate surface area is 153 Å². The number of hydrogen-bond acceptors (Lipinski definition) is 4. The van der Waals surface area contributed by atoms with Gasteiger partial charge in [0.2, 0.25) is 0 Å². The van der Waals surface area contributed by atoms with E-state index in [2.05, 4.69) is 17.0 Å². The third-order valence-electron chi connectivity index (χ3n) is 5.38. The molecule has 1 heterocycles. The lowest BCUT2D eigenvalue weighted by atomic mass is 9.79. The highest BCUT2D eigenvalue weighted by Gasteiger charge is 2.33. The van der Waals surface area contributed by atoms with Crippen molar-refractivity contribution in [1.82, 2.24) is 4.90 Å². The molecule has 26 heavy (non-hydrogen) atoms. The van der Waals surface area contributed by atoms with E-state index in [4.69, 9.17) is 0 Å². The van der Waals surface area contributed by atoms with Crippen molar-refractivity contribution in [3.8, 4) is 0 Å². The highest BCUT2D eigenvalue weighted by Crippen LogP contribution is 2.32. The summed E-state index contributed by atoms with van der Waals surface area (Å²) in [5.74, 6) is -0.549. The number of halogens is 1. The third kappa shape index (κ3) is 4.26.